The third-order valence-electron chi connectivity index (χ3n) is 3.56. The van der Waals surface area contributed by atoms with E-state index in [1.165, 1.54) is 12.0 Å². The van der Waals surface area contributed by atoms with Crippen LogP contribution in [0, 0.1) is 6.92 Å². The minimum absolute atomic E-state index is 0.446. The van der Waals surface area contributed by atoms with E-state index >= 15 is 0 Å². The molecule has 0 amide bonds. The average Bonchev–Trinajstić information content (AvgIpc) is 2.38. The SMILES string of the molecule is CCC(C)N(C)CCNc1ccc(C)cc1C(N)=S. The zero-order valence-electron chi connectivity index (χ0n) is 12.4. The summed E-state index contributed by atoms with van der Waals surface area (Å²) in [5.41, 5.74) is 8.89. The van der Waals surface area contributed by atoms with Crippen molar-refractivity contribution in [2.75, 3.05) is 25.5 Å². The predicted molar refractivity (Wildman–Crippen MR) is 87.9 cm³/mol. The molecular weight excluding hydrogens is 254 g/mol. The molecule has 1 unspecified atom stereocenters. The molecule has 1 aromatic rings. The van der Waals surface area contributed by atoms with Gasteiger partial charge in [0.05, 0.1) is 0 Å². The molecule has 0 aliphatic heterocycles. The fourth-order valence-corrected chi connectivity index (χ4v) is 2.08. The Labute approximate surface area is 122 Å². The van der Waals surface area contributed by atoms with Crippen LogP contribution in [0.5, 0.6) is 0 Å². The molecule has 0 aliphatic rings. The maximum absolute atomic E-state index is 5.77. The Hall–Kier alpha value is -1.13. The molecule has 0 saturated heterocycles. The van der Waals surface area contributed by atoms with Gasteiger partial charge >= 0.3 is 0 Å². The Morgan fingerprint density at radius 3 is 2.74 bits per heavy atom. The second-order valence-electron chi connectivity index (χ2n) is 5.08. The molecule has 3 N–H and O–H groups in total. The summed E-state index contributed by atoms with van der Waals surface area (Å²) in [4.78, 5) is 2.79. The van der Waals surface area contributed by atoms with Crippen LogP contribution in [-0.2, 0) is 0 Å². The molecule has 3 nitrogen and oxygen atoms in total. The summed E-state index contributed by atoms with van der Waals surface area (Å²) >= 11 is 5.10. The van der Waals surface area contributed by atoms with Crippen LogP contribution in [0.25, 0.3) is 0 Å². The first-order valence-electron chi connectivity index (χ1n) is 6.80. The zero-order chi connectivity index (χ0) is 14.4. The minimum atomic E-state index is 0.446. The number of likely N-dealkylation sites (N-methyl/N-ethyl adjacent to an activating group) is 1. The van der Waals surface area contributed by atoms with Crippen LogP contribution < -0.4 is 11.1 Å². The van der Waals surface area contributed by atoms with Crippen LogP contribution in [0.1, 0.15) is 31.4 Å². The first kappa shape index (κ1) is 15.9. The first-order valence-corrected chi connectivity index (χ1v) is 7.21. The highest BCUT2D eigenvalue weighted by Gasteiger charge is 2.08. The van der Waals surface area contributed by atoms with Crippen LogP contribution in [0.4, 0.5) is 5.69 Å². The van der Waals surface area contributed by atoms with E-state index in [1.54, 1.807) is 0 Å². The monoisotopic (exact) mass is 279 g/mol. The molecule has 1 rings (SSSR count). The Balaban J connectivity index is 2.61. The lowest BCUT2D eigenvalue weighted by atomic mass is 10.1. The summed E-state index contributed by atoms with van der Waals surface area (Å²) in [6.07, 6.45) is 1.17. The van der Waals surface area contributed by atoms with Gasteiger partial charge in [0.15, 0.2) is 0 Å². The molecule has 19 heavy (non-hydrogen) atoms. The number of hydrogen-bond acceptors (Lipinski definition) is 3. The lowest BCUT2D eigenvalue weighted by Gasteiger charge is -2.24. The number of aryl methyl sites for hydroxylation is 1. The molecular formula is C15H25N3S. The maximum Gasteiger partial charge on any atom is 0.106 e. The number of rotatable bonds is 7. The molecule has 0 heterocycles. The van der Waals surface area contributed by atoms with Crippen molar-refractivity contribution in [3.05, 3.63) is 29.3 Å². The Morgan fingerprint density at radius 1 is 1.47 bits per heavy atom. The molecule has 0 bridgehead atoms. The molecule has 0 saturated carbocycles. The van der Waals surface area contributed by atoms with Gasteiger partial charge in [-0.15, -0.1) is 0 Å². The van der Waals surface area contributed by atoms with E-state index in [0.717, 1.165) is 24.3 Å². The Bertz CT molecular complexity index is 431. The topological polar surface area (TPSA) is 41.3 Å². The smallest absolute Gasteiger partial charge is 0.106 e. The van der Waals surface area contributed by atoms with Gasteiger partial charge in [-0.05, 0) is 39.4 Å². The molecule has 0 spiro atoms. The number of nitrogens with two attached hydrogens (primary N) is 1. The van der Waals surface area contributed by atoms with Gasteiger partial charge in [-0.25, -0.2) is 0 Å². The molecule has 0 fully saturated rings. The second kappa shape index (κ2) is 7.46. The summed E-state index contributed by atoms with van der Waals surface area (Å²) in [7, 11) is 2.15. The van der Waals surface area contributed by atoms with Gasteiger partial charge in [0.2, 0.25) is 0 Å². The van der Waals surface area contributed by atoms with Crippen molar-refractivity contribution in [2.24, 2.45) is 5.73 Å². The lowest BCUT2D eigenvalue weighted by Crippen LogP contribution is -2.33. The van der Waals surface area contributed by atoms with E-state index in [9.17, 15) is 0 Å². The van der Waals surface area contributed by atoms with Gasteiger partial charge < -0.3 is 16.0 Å². The van der Waals surface area contributed by atoms with Crippen LogP contribution in [0.15, 0.2) is 18.2 Å². The van der Waals surface area contributed by atoms with Gasteiger partial charge in [0, 0.05) is 30.4 Å². The number of anilines is 1. The van der Waals surface area contributed by atoms with Gasteiger partial charge in [-0.2, -0.15) is 0 Å². The lowest BCUT2D eigenvalue weighted by molar-refractivity contribution is 0.261. The van der Waals surface area contributed by atoms with Crippen molar-refractivity contribution in [1.29, 1.82) is 0 Å². The van der Waals surface area contributed by atoms with Gasteiger partial charge in [-0.1, -0.05) is 30.8 Å². The number of hydrogen-bond donors (Lipinski definition) is 2. The van der Waals surface area contributed by atoms with Crippen LogP contribution in [0.3, 0.4) is 0 Å². The van der Waals surface area contributed by atoms with E-state index in [-0.39, 0.29) is 0 Å². The first-order chi connectivity index (χ1) is 8.95. The van der Waals surface area contributed by atoms with Crippen molar-refractivity contribution >= 4 is 22.9 Å². The third-order valence-corrected chi connectivity index (χ3v) is 3.78. The van der Waals surface area contributed by atoms with Crippen LogP contribution in [0.2, 0.25) is 0 Å². The molecule has 0 aliphatic carbocycles. The average molecular weight is 279 g/mol. The number of nitrogens with zero attached hydrogens (tertiary/aromatic N) is 1. The zero-order valence-corrected chi connectivity index (χ0v) is 13.2. The standard InChI is InChI=1S/C15H25N3S/c1-5-12(3)18(4)9-8-17-14-7-6-11(2)10-13(14)15(16)19/h6-7,10,12,17H,5,8-9H2,1-4H3,(H2,16,19). The summed E-state index contributed by atoms with van der Waals surface area (Å²) in [5, 5.41) is 3.42. The van der Waals surface area contributed by atoms with Crippen LogP contribution >= 0.6 is 12.2 Å². The van der Waals surface area contributed by atoms with Crippen molar-refractivity contribution in [3.8, 4) is 0 Å². The molecule has 1 atom stereocenters. The maximum atomic E-state index is 5.77. The van der Waals surface area contributed by atoms with E-state index in [1.807, 2.05) is 19.1 Å². The second-order valence-corrected chi connectivity index (χ2v) is 5.52. The summed E-state index contributed by atoms with van der Waals surface area (Å²) in [6.45, 7) is 8.38. The van der Waals surface area contributed by atoms with Crippen LogP contribution in [-0.4, -0.2) is 36.1 Å². The van der Waals surface area contributed by atoms with E-state index in [0.29, 0.717) is 11.0 Å². The van der Waals surface area contributed by atoms with Gasteiger partial charge in [0.25, 0.3) is 0 Å². The fourth-order valence-electron chi connectivity index (χ4n) is 1.92. The summed E-state index contributed by atoms with van der Waals surface area (Å²) in [5.74, 6) is 0. The third kappa shape index (κ3) is 4.80. The van der Waals surface area contributed by atoms with E-state index in [4.69, 9.17) is 18.0 Å². The summed E-state index contributed by atoms with van der Waals surface area (Å²) in [6, 6.07) is 6.76. The fraction of sp³-hybridized carbons (Fsp3) is 0.533. The largest absolute Gasteiger partial charge is 0.389 e. The van der Waals surface area contributed by atoms with Crippen molar-refractivity contribution in [2.45, 2.75) is 33.2 Å². The normalized spacial score (nSPS) is 12.5. The molecule has 4 heteroatoms. The highest BCUT2D eigenvalue weighted by atomic mass is 32.1. The summed E-state index contributed by atoms with van der Waals surface area (Å²) < 4.78 is 0. The molecule has 1 aromatic carbocycles. The van der Waals surface area contributed by atoms with E-state index in [2.05, 4.69) is 37.2 Å². The number of benzene rings is 1. The van der Waals surface area contributed by atoms with Gasteiger partial charge in [0.1, 0.15) is 4.99 Å². The predicted octanol–water partition coefficient (Wildman–Crippen LogP) is 2.77. The molecule has 106 valence electrons. The number of thiocarbonyl (C=S) groups is 1. The molecule has 0 radical (unpaired) electrons. The Morgan fingerprint density at radius 2 is 2.16 bits per heavy atom. The van der Waals surface area contributed by atoms with E-state index < -0.39 is 0 Å². The quantitative estimate of drug-likeness (QED) is 0.753. The highest BCUT2D eigenvalue weighted by molar-refractivity contribution is 7.80. The minimum Gasteiger partial charge on any atom is -0.389 e. The van der Waals surface area contributed by atoms with Gasteiger partial charge in [-0.3, -0.25) is 0 Å². The Kier molecular flexibility index (Phi) is 6.25. The van der Waals surface area contributed by atoms with Crippen molar-refractivity contribution in [3.63, 3.8) is 0 Å². The van der Waals surface area contributed by atoms with Crippen molar-refractivity contribution < 1.29 is 0 Å². The molecule has 0 aromatic heterocycles. The van der Waals surface area contributed by atoms with Crippen molar-refractivity contribution in [1.82, 2.24) is 4.90 Å². The number of nitrogens with one attached hydrogen (secondary N) is 1. The highest BCUT2D eigenvalue weighted by Crippen LogP contribution is 2.17.